The summed E-state index contributed by atoms with van der Waals surface area (Å²) in [7, 11) is 0. The van der Waals surface area contributed by atoms with Gasteiger partial charge in [-0.05, 0) is 39.3 Å². The number of hydrogen-bond acceptors (Lipinski definition) is 3. The molecule has 0 aliphatic rings. The molecule has 0 saturated carbocycles. The van der Waals surface area contributed by atoms with Crippen LogP contribution in [-0.2, 0) is 4.84 Å². The lowest BCUT2D eigenvalue weighted by atomic mass is 10.2. The molecule has 0 heterocycles. The predicted molar refractivity (Wildman–Crippen MR) is 101 cm³/mol. The molecule has 0 aliphatic carbocycles. The second kappa shape index (κ2) is 12.0. The largest absolute Gasteiger partial charge is 0.368 e. The van der Waals surface area contributed by atoms with Gasteiger partial charge < -0.3 is 11.5 Å². The summed E-state index contributed by atoms with van der Waals surface area (Å²) in [5.74, 6) is 1.21. The summed E-state index contributed by atoms with van der Waals surface area (Å²) in [6.07, 6.45) is 0.897. The van der Waals surface area contributed by atoms with Crippen LogP contribution in [0.3, 0.4) is 0 Å². The van der Waals surface area contributed by atoms with E-state index in [9.17, 15) is 0 Å². The van der Waals surface area contributed by atoms with Crippen LogP contribution >= 0.6 is 24.2 Å². The summed E-state index contributed by atoms with van der Waals surface area (Å²) < 4.78 is 0. The first-order valence-corrected chi connectivity index (χ1v) is 8.20. The van der Waals surface area contributed by atoms with Crippen LogP contribution in [0, 0.1) is 6.92 Å². The van der Waals surface area contributed by atoms with Gasteiger partial charge >= 0.3 is 0 Å². The van der Waals surface area contributed by atoms with Gasteiger partial charge in [0.05, 0.1) is 6.61 Å². The van der Waals surface area contributed by atoms with Gasteiger partial charge in [0.2, 0.25) is 11.9 Å². The Bertz CT molecular complexity index is 505. The molecular formula is C15H26ClN5OS. The second-order valence-electron chi connectivity index (χ2n) is 5.04. The number of hydrogen-bond donors (Lipinski definition) is 3. The summed E-state index contributed by atoms with van der Waals surface area (Å²) in [6, 6.07) is 8.55. The van der Waals surface area contributed by atoms with Crippen molar-refractivity contribution in [3.05, 3.63) is 29.8 Å². The van der Waals surface area contributed by atoms with Crippen molar-refractivity contribution in [2.24, 2.45) is 21.5 Å². The van der Waals surface area contributed by atoms with Gasteiger partial charge in [-0.25, -0.2) is 10.5 Å². The highest BCUT2D eigenvalue weighted by Gasteiger charge is 1.97. The van der Waals surface area contributed by atoms with E-state index in [0.29, 0.717) is 6.61 Å². The maximum Gasteiger partial charge on any atom is 0.221 e. The van der Waals surface area contributed by atoms with Gasteiger partial charge in [0.15, 0.2) is 0 Å². The number of nitrogens with one attached hydrogen (secondary N) is 1. The number of thioether (sulfide) groups is 1. The van der Waals surface area contributed by atoms with Crippen molar-refractivity contribution in [2.45, 2.75) is 38.1 Å². The average Bonchev–Trinajstić information content (AvgIpc) is 2.43. The zero-order valence-corrected chi connectivity index (χ0v) is 15.4. The van der Waals surface area contributed by atoms with Crippen molar-refractivity contribution in [3.8, 4) is 0 Å². The Morgan fingerprint density at radius 3 is 2.52 bits per heavy atom. The quantitative estimate of drug-likeness (QED) is 0.228. The number of benzene rings is 1. The molecule has 0 atom stereocenters. The Morgan fingerprint density at radius 1 is 1.26 bits per heavy atom. The molecular weight excluding hydrogens is 334 g/mol. The number of halogens is 1. The molecule has 0 amide bonds. The first-order chi connectivity index (χ1) is 10.5. The van der Waals surface area contributed by atoms with E-state index in [-0.39, 0.29) is 30.4 Å². The maximum absolute atomic E-state index is 5.62. The first kappa shape index (κ1) is 21.6. The van der Waals surface area contributed by atoms with Gasteiger partial charge in [0, 0.05) is 16.7 Å². The molecule has 0 spiro atoms. The maximum atomic E-state index is 5.62. The molecule has 23 heavy (non-hydrogen) atoms. The highest BCUT2D eigenvalue weighted by Crippen LogP contribution is 2.18. The smallest absolute Gasteiger partial charge is 0.221 e. The number of aliphatic imine (C=N–C) groups is 2. The van der Waals surface area contributed by atoms with Crippen LogP contribution in [0.5, 0.6) is 0 Å². The standard InChI is InChI=1S/C15H25N5OS.ClH/c1-11(2)18-14(16)19-15(17)20-21-9-4-10-22-13-7-5-12(3)6-8-13;/h5-8,11H,4,9-10H2,1-3H3,(H5,16,17,18,19,20);1H. The number of guanidine groups is 2. The molecule has 8 heteroatoms. The van der Waals surface area contributed by atoms with Gasteiger partial charge in [-0.1, -0.05) is 17.7 Å². The number of hydroxylamine groups is 1. The van der Waals surface area contributed by atoms with Crippen LogP contribution in [-0.4, -0.2) is 30.3 Å². The number of rotatable bonds is 7. The molecule has 0 unspecified atom stereocenters. The third-order valence-corrected chi connectivity index (χ3v) is 3.58. The van der Waals surface area contributed by atoms with Crippen molar-refractivity contribution in [1.82, 2.24) is 5.48 Å². The third kappa shape index (κ3) is 10.8. The van der Waals surface area contributed by atoms with Crippen LogP contribution in [0.1, 0.15) is 25.8 Å². The fourth-order valence-electron chi connectivity index (χ4n) is 1.52. The second-order valence-corrected chi connectivity index (χ2v) is 6.21. The summed E-state index contributed by atoms with van der Waals surface area (Å²) in [6.45, 7) is 6.44. The van der Waals surface area contributed by atoms with E-state index in [4.69, 9.17) is 16.3 Å². The molecule has 130 valence electrons. The van der Waals surface area contributed by atoms with Crippen LogP contribution in [0.2, 0.25) is 0 Å². The normalized spacial score (nSPS) is 12.2. The molecule has 0 fully saturated rings. The lowest BCUT2D eigenvalue weighted by molar-refractivity contribution is 0.0854. The minimum Gasteiger partial charge on any atom is -0.368 e. The SMILES string of the molecule is Cc1ccc(SCCCONC(N)=NC(N)=NC(C)C)cc1.Cl. The Morgan fingerprint density at radius 2 is 1.91 bits per heavy atom. The van der Waals surface area contributed by atoms with Gasteiger partial charge in [-0.2, -0.15) is 4.99 Å². The Hall–Kier alpha value is -1.44. The fraction of sp³-hybridized carbons (Fsp3) is 0.467. The van der Waals surface area contributed by atoms with E-state index >= 15 is 0 Å². The molecule has 0 radical (unpaired) electrons. The summed E-state index contributed by atoms with van der Waals surface area (Å²) >= 11 is 1.80. The molecule has 1 aromatic rings. The van der Waals surface area contributed by atoms with Crippen molar-refractivity contribution in [1.29, 1.82) is 0 Å². The van der Waals surface area contributed by atoms with Gasteiger partial charge in [-0.15, -0.1) is 24.2 Å². The van der Waals surface area contributed by atoms with E-state index in [0.717, 1.165) is 12.2 Å². The zero-order chi connectivity index (χ0) is 16.4. The van der Waals surface area contributed by atoms with Gasteiger partial charge in [0.25, 0.3) is 0 Å². The molecule has 5 N–H and O–H groups in total. The van der Waals surface area contributed by atoms with Crippen LogP contribution in [0.4, 0.5) is 0 Å². The van der Waals surface area contributed by atoms with E-state index in [1.807, 2.05) is 13.8 Å². The Labute approximate surface area is 148 Å². The lowest BCUT2D eigenvalue weighted by Gasteiger charge is -2.06. The average molecular weight is 360 g/mol. The molecule has 1 rings (SSSR count). The van der Waals surface area contributed by atoms with Crippen LogP contribution < -0.4 is 16.9 Å². The Kier molecular flexibility index (Phi) is 11.3. The third-order valence-electron chi connectivity index (χ3n) is 2.48. The van der Waals surface area contributed by atoms with E-state index in [2.05, 4.69) is 46.7 Å². The van der Waals surface area contributed by atoms with Crippen LogP contribution in [0.25, 0.3) is 0 Å². The minimum atomic E-state index is 0. The highest BCUT2D eigenvalue weighted by atomic mass is 35.5. The number of nitrogens with two attached hydrogens (primary N) is 2. The fourth-order valence-corrected chi connectivity index (χ4v) is 2.35. The summed E-state index contributed by atoms with van der Waals surface area (Å²) in [5.41, 5.74) is 15.0. The molecule has 0 bridgehead atoms. The summed E-state index contributed by atoms with van der Waals surface area (Å²) in [5, 5.41) is 0. The predicted octanol–water partition coefficient (Wildman–Crippen LogP) is 2.46. The zero-order valence-electron chi connectivity index (χ0n) is 13.8. The molecule has 0 saturated heterocycles. The molecule has 0 aromatic heterocycles. The van der Waals surface area contributed by atoms with Crippen molar-refractivity contribution < 1.29 is 4.84 Å². The first-order valence-electron chi connectivity index (χ1n) is 7.22. The topological polar surface area (TPSA) is 98.0 Å². The molecule has 6 nitrogen and oxygen atoms in total. The Balaban J connectivity index is 0.00000484. The van der Waals surface area contributed by atoms with E-state index in [1.165, 1.54) is 10.5 Å². The molecule has 0 aliphatic heterocycles. The minimum absolute atomic E-state index is 0. The number of nitrogens with zero attached hydrogens (tertiary/aromatic N) is 2. The van der Waals surface area contributed by atoms with Gasteiger partial charge in [-0.3, -0.25) is 4.84 Å². The monoisotopic (exact) mass is 359 g/mol. The highest BCUT2D eigenvalue weighted by molar-refractivity contribution is 7.99. The van der Waals surface area contributed by atoms with Crippen molar-refractivity contribution in [2.75, 3.05) is 12.4 Å². The van der Waals surface area contributed by atoms with Crippen LogP contribution in [0.15, 0.2) is 39.1 Å². The van der Waals surface area contributed by atoms with Crippen molar-refractivity contribution >= 4 is 36.1 Å². The molecule has 1 aromatic carbocycles. The van der Waals surface area contributed by atoms with E-state index in [1.54, 1.807) is 11.8 Å². The van der Waals surface area contributed by atoms with E-state index < -0.39 is 0 Å². The summed E-state index contributed by atoms with van der Waals surface area (Å²) in [4.78, 5) is 14.4. The van der Waals surface area contributed by atoms with Crippen molar-refractivity contribution in [3.63, 3.8) is 0 Å². The van der Waals surface area contributed by atoms with Gasteiger partial charge in [0.1, 0.15) is 0 Å². The lowest BCUT2D eigenvalue weighted by Crippen LogP contribution is -2.34. The number of aryl methyl sites for hydroxylation is 1.